The molecule has 21 heavy (non-hydrogen) atoms. The van der Waals surface area contributed by atoms with Gasteiger partial charge < -0.3 is 5.21 Å². The largest absolute Gasteiger partial charge is 0.618 e. The number of nitrogens with zero attached hydrogens (tertiary/aromatic N) is 1. The third-order valence-corrected chi connectivity index (χ3v) is 4.98. The van der Waals surface area contributed by atoms with E-state index in [0.29, 0.717) is 10.2 Å². The molecule has 0 spiro atoms. The Balaban J connectivity index is 2.05. The minimum Gasteiger partial charge on any atom is -0.618 e. The molecule has 0 fully saturated rings. The van der Waals surface area contributed by atoms with E-state index in [4.69, 9.17) is 0 Å². The minimum atomic E-state index is -3.53. The quantitative estimate of drug-likeness (QED) is 0.551. The molecule has 106 valence electrons. The molecule has 0 bridgehead atoms. The molecular formula is C16H13NO3S. The van der Waals surface area contributed by atoms with Crippen molar-refractivity contribution in [2.45, 2.75) is 10.6 Å². The smallest absolute Gasteiger partial charge is 0.223 e. The van der Waals surface area contributed by atoms with Crippen LogP contribution in [0.5, 0.6) is 0 Å². The molecular weight excluding hydrogens is 286 g/mol. The van der Waals surface area contributed by atoms with E-state index in [1.165, 1.54) is 12.1 Å². The number of sulfone groups is 1. The fourth-order valence-electron chi connectivity index (χ4n) is 2.23. The van der Waals surface area contributed by atoms with E-state index >= 15 is 0 Å². The van der Waals surface area contributed by atoms with Crippen LogP contribution in [0, 0.1) is 5.21 Å². The lowest BCUT2D eigenvalue weighted by Crippen LogP contribution is -2.33. The second kappa shape index (κ2) is 5.18. The third kappa shape index (κ3) is 2.60. The molecule has 1 aromatic heterocycles. The molecule has 0 amide bonds. The van der Waals surface area contributed by atoms with Gasteiger partial charge in [0.15, 0.2) is 9.84 Å². The Labute approximate surface area is 122 Å². The Hall–Kier alpha value is -2.40. The van der Waals surface area contributed by atoms with Gasteiger partial charge >= 0.3 is 0 Å². The SMILES string of the molecule is O=S(=O)(Cc1ccc2ccccc2[n+]1[O-])c1ccccc1. The van der Waals surface area contributed by atoms with Crippen LogP contribution in [-0.4, -0.2) is 8.42 Å². The first-order chi connectivity index (χ1) is 10.1. The second-order valence-corrected chi connectivity index (χ2v) is 6.74. The van der Waals surface area contributed by atoms with Crippen LogP contribution in [0.4, 0.5) is 0 Å². The Kier molecular flexibility index (Phi) is 3.35. The van der Waals surface area contributed by atoms with E-state index in [1.54, 1.807) is 42.5 Å². The van der Waals surface area contributed by atoms with Crippen LogP contribution in [0.15, 0.2) is 71.6 Å². The monoisotopic (exact) mass is 299 g/mol. The summed E-state index contributed by atoms with van der Waals surface area (Å²) in [6, 6.07) is 18.6. The highest BCUT2D eigenvalue weighted by atomic mass is 32.2. The normalized spacial score (nSPS) is 11.6. The van der Waals surface area contributed by atoms with Crippen molar-refractivity contribution in [2.75, 3.05) is 0 Å². The van der Waals surface area contributed by atoms with Crippen LogP contribution in [0.1, 0.15) is 5.69 Å². The van der Waals surface area contributed by atoms with Gasteiger partial charge in [-0.2, -0.15) is 4.73 Å². The Morgan fingerprint density at radius 1 is 0.857 bits per heavy atom. The molecule has 4 nitrogen and oxygen atoms in total. The van der Waals surface area contributed by atoms with Crippen LogP contribution in [0.25, 0.3) is 10.9 Å². The zero-order chi connectivity index (χ0) is 14.9. The molecule has 0 unspecified atom stereocenters. The van der Waals surface area contributed by atoms with Crippen molar-refractivity contribution in [3.63, 3.8) is 0 Å². The number of fused-ring (bicyclic) bond motifs is 1. The maximum Gasteiger partial charge on any atom is 0.223 e. The molecule has 0 atom stereocenters. The number of aromatic nitrogens is 1. The molecule has 0 aliphatic rings. The second-order valence-electron chi connectivity index (χ2n) is 4.75. The summed E-state index contributed by atoms with van der Waals surface area (Å²) in [4.78, 5) is 0.221. The molecule has 0 aliphatic carbocycles. The fraction of sp³-hybridized carbons (Fsp3) is 0.0625. The van der Waals surface area contributed by atoms with Crippen LogP contribution in [-0.2, 0) is 15.6 Å². The Morgan fingerprint density at radius 3 is 2.29 bits per heavy atom. The van der Waals surface area contributed by atoms with Crippen LogP contribution < -0.4 is 4.73 Å². The van der Waals surface area contributed by atoms with E-state index in [-0.39, 0.29) is 16.3 Å². The van der Waals surface area contributed by atoms with Crippen LogP contribution >= 0.6 is 0 Å². The lowest BCUT2D eigenvalue weighted by molar-refractivity contribution is -0.584. The van der Waals surface area contributed by atoms with Crippen LogP contribution in [0.2, 0.25) is 0 Å². The summed E-state index contributed by atoms with van der Waals surface area (Å²) < 4.78 is 25.4. The van der Waals surface area contributed by atoms with Gasteiger partial charge in [-0.05, 0) is 24.3 Å². The summed E-state index contributed by atoms with van der Waals surface area (Å²) >= 11 is 0. The molecule has 3 aromatic rings. The number of rotatable bonds is 3. The van der Waals surface area contributed by atoms with E-state index in [1.807, 2.05) is 12.1 Å². The predicted molar refractivity (Wildman–Crippen MR) is 80.2 cm³/mol. The molecule has 0 saturated carbocycles. The van der Waals surface area contributed by atoms with Crippen molar-refractivity contribution < 1.29 is 13.1 Å². The zero-order valence-electron chi connectivity index (χ0n) is 11.1. The van der Waals surface area contributed by atoms with Crippen molar-refractivity contribution in [3.8, 4) is 0 Å². The van der Waals surface area contributed by atoms with E-state index in [2.05, 4.69) is 0 Å². The average molecular weight is 299 g/mol. The topological polar surface area (TPSA) is 61.1 Å². The summed E-state index contributed by atoms with van der Waals surface area (Å²) in [6.07, 6.45) is 0. The molecule has 0 N–H and O–H groups in total. The van der Waals surface area contributed by atoms with Crippen LogP contribution in [0.3, 0.4) is 0 Å². The van der Waals surface area contributed by atoms with Crippen molar-refractivity contribution >= 4 is 20.7 Å². The summed E-state index contributed by atoms with van der Waals surface area (Å²) in [5.41, 5.74) is 0.691. The maximum atomic E-state index is 12.3. The summed E-state index contributed by atoms with van der Waals surface area (Å²) in [7, 11) is -3.53. The molecule has 0 aliphatic heterocycles. The number of para-hydroxylation sites is 1. The molecule has 2 aromatic carbocycles. The highest BCUT2D eigenvalue weighted by Crippen LogP contribution is 2.16. The first kappa shape index (κ1) is 13.6. The van der Waals surface area contributed by atoms with Crippen molar-refractivity contribution in [3.05, 3.63) is 77.6 Å². The van der Waals surface area contributed by atoms with E-state index in [9.17, 15) is 13.6 Å². The number of benzene rings is 2. The van der Waals surface area contributed by atoms with Gasteiger partial charge in [0.2, 0.25) is 11.2 Å². The van der Waals surface area contributed by atoms with Gasteiger partial charge in [0, 0.05) is 17.5 Å². The van der Waals surface area contributed by atoms with Gasteiger partial charge in [-0.15, -0.1) is 0 Å². The highest BCUT2D eigenvalue weighted by molar-refractivity contribution is 7.90. The number of hydrogen-bond donors (Lipinski definition) is 0. The van der Waals surface area contributed by atoms with Gasteiger partial charge in [-0.25, -0.2) is 8.42 Å². The standard InChI is InChI=1S/C16H13NO3S/c18-17-14(11-10-13-6-4-5-9-16(13)17)12-21(19,20)15-7-2-1-3-8-15/h1-11H,12H2. The van der Waals surface area contributed by atoms with E-state index in [0.717, 1.165) is 5.39 Å². The molecule has 0 saturated heterocycles. The van der Waals surface area contributed by atoms with Gasteiger partial charge in [-0.3, -0.25) is 0 Å². The van der Waals surface area contributed by atoms with Crippen molar-refractivity contribution in [1.82, 2.24) is 0 Å². The van der Waals surface area contributed by atoms with Gasteiger partial charge in [0.1, 0.15) is 5.75 Å². The number of pyridine rings is 1. The summed E-state index contributed by atoms with van der Waals surface area (Å²) in [5, 5.41) is 13.1. The lowest BCUT2D eigenvalue weighted by atomic mass is 10.2. The molecule has 1 heterocycles. The minimum absolute atomic E-state index is 0.220. The van der Waals surface area contributed by atoms with Gasteiger partial charge in [-0.1, -0.05) is 30.3 Å². The number of hydrogen-bond acceptors (Lipinski definition) is 3. The lowest BCUT2D eigenvalue weighted by Gasteiger charge is -2.08. The Morgan fingerprint density at radius 2 is 1.52 bits per heavy atom. The van der Waals surface area contributed by atoms with Crippen molar-refractivity contribution in [1.29, 1.82) is 0 Å². The molecule has 5 heteroatoms. The highest BCUT2D eigenvalue weighted by Gasteiger charge is 2.21. The first-order valence-corrected chi connectivity index (χ1v) is 8.11. The Bertz CT molecular complexity index is 890. The first-order valence-electron chi connectivity index (χ1n) is 6.46. The van der Waals surface area contributed by atoms with Crippen molar-refractivity contribution in [2.24, 2.45) is 0 Å². The molecule has 3 rings (SSSR count). The third-order valence-electron chi connectivity index (χ3n) is 3.31. The fourth-order valence-corrected chi connectivity index (χ4v) is 3.58. The maximum absolute atomic E-state index is 12.3. The van der Waals surface area contributed by atoms with E-state index < -0.39 is 9.84 Å². The van der Waals surface area contributed by atoms with Gasteiger partial charge in [0.25, 0.3) is 0 Å². The average Bonchev–Trinajstić information content (AvgIpc) is 2.51. The summed E-state index contributed by atoms with van der Waals surface area (Å²) in [6.45, 7) is 0. The van der Waals surface area contributed by atoms with Gasteiger partial charge in [0.05, 0.1) is 4.90 Å². The zero-order valence-corrected chi connectivity index (χ0v) is 12.0. The molecule has 0 radical (unpaired) electrons. The summed E-state index contributed by atoms with van der Waals surface area (Å²) in [5.74, 6) is -0.314. The predicted octanol–water partition coefficient (Wildman–Crippen LogP) is 2.45.